The molecule has 1 amide bonds. The van der Waals surface area contributed by atoms with Crippen molar-refractivity contribution in [1.82, 2.24) is 9.62 Å². The molecule has 0 unspecified atom stereocenters. The maximum atomic E-state index is 12.9. The zero-order valence-corrected chi connectivity index (χ0v) is 17.6. The number of hydrogen-bond acceptors (Lipinski definition) is 5. The Balaban J connectivity index is 1.69. The number of piperazine rings is 1. The highest BCUT2D eigenvalue weighted by Crippen LogP contribution is 2.28. The number of anilines is 1. The van der Waals surface area contributed by atoms with Crippen LogP contribution in [0.25, 0.3) is 0 Å². The van der Waals surface area contributed by atoms with Crippen molar-refractivity contribution in [3.63, 3.8) is 0 Å². The van der Waals surface area contributed by atoms with E-state index in [9.17, 15) is 13.2 Å². The Kier molecular flexibility index (Phi) is 6.76. The summed E-state index contributed by atoms with van der Waals surface area (Å²) in [5.74, 6) is 0.655. The molecule has 0 saturated carbocycles. The number of carbonyl (C=O) groups is 1. The first-order chi connectivity index (χ1) is 14.0. The van der Waals surface area contributed by atoms with E-state index in [4.69, 9.17) is 4.74 Å². The molecule has 1 aliphatic rings. The molecule has 1 heterocycles. The van der Waals surface area contributed by atoms with Crippen LogP contribution in [0.2, 0.25) is 0 Å². The van der Waals surface area contributed by atoms with Gasteiger partial charge in [-0.1, -0.05) is 25.1 Å². The number of methoxy groups -OCH3 is 1. The van der Waals surface area contributed by atoms with Crippen molar-refractivity contribution >= 4 is 21.6 Å². The molecule has 0 aliphatic carbocycles. The standard InChI is InChI=1S/C21H27N3O4S/c1-3-11-22-29(26,27)18-8-6-7-17(16-18)21(25)24-14-12-23(13-15-24)19-9-4-5-10-20(19)28-2/h4-10,16,22H,3,11-15H2,1-2H3. The van der Waals surface area contributed by atoms with E-state index in [0.717, 1.165) is 11.4 Å². The fourth-order valence-electron chi connectivity index (χ4n) is 3.34. The molecule has 0 spiro atoms. The van der Waals surface area contributed by atoms with Crippen molar-refractivity contribution in [3.8, 4) is 5.75 Å². The molecule has 29 heavy (non-hydrogen) atoms. The summed E-state index contributed by atoms with van der Waals surface area (Å²) in [4.78, 5) is 17.0. The van der Waals surface area contributed by atoms with Gasteiger partial charge in [0, 0.05) is 38.3 Å². The first kappa shape index (κ1) is 21.1. The van der Waals surface area contributed by atoms with E-state index in [1.807, 2.05) is 31.2 Å². The van der Waals surface area contributed by atoms with Gasteiger partial charge in [-0.05, 0) is 36.8 Å². The molecular weight excluding hydrogens is 390 g/mol. The van der Waals surface area contributed by atoms with Gasteiger partial charge in [-0.25, -0.2) is 13.1 Å². The molecule has 0 radical (unpaired) electrons. The molecule has 0 aromatic heterocycles. The average Bonchev–Trinajstić information content (AvgIpc) is 2.77. The molecule has 8 heteroatoms. The first-order valence-corrected chi connectivity index (χ1v) is 11.2. The van der Waals surface area contributed by atoms with E-state index >= 15 is 0 Å². The first-order valence-electron chi connectivity index (χ1n) is 9.73. The molecule has 0 atom stereocenters. The molecule has 1 aliphatic heterocycles. The molecule has 1 fully saturated rings. The number of ether oxygens (including phenoxy) is 1. The lowest BCUT2D eigenvalue weighted by Crippen LogP contribution is -2.48. The van der Waals surface area contributed by atoms with Crippen LogP contribution in [0.5, 0.6) is 5.75 Å². The number of rotatable bonds is 7. The summed E-state index contributed by atoms with van der Waals surface area (Å²) in [5.41, 5.74) is 1.40. The fourth-order valence-corrected chi connectivity index (χ4v) is 4.52. The summed E-state index contributed by atoms with van der Waals surface area (Å²) in [6.07, 6.45) is 0.703. The Hall–Kier alpha value is -2.58. The highest BCUT2D eigenvalue weighted by molar-refractivity contribution is 7.89. The summed E-state index contributed by atoms with van der Waals surface area (Å²) in [5, 5.41) is 0. The number of nitrogens with one attached hydrogen (secondary N) is 1. The SMILES string of the molecule is CCCNS(=O)(=O)c1cccc(C(=O)N2CCN(c3ccccc3OC)CC2)c1. The molecule has 1 saturated heterocycles. The average molecular weight is 418 g/mol. The van der Waals surface area contributed by atoms with E-state index in [0.29, 0.717) is 44.7 Å². The van der Waals surface area contributed by atoms with Crippen molar-refractivity contribution in [3.05, 3.63) is 54.1 Å². The summed E-state index contributed by atoms with van der Waals surface area (Å²) in [6, 6.07) is 14.1. The minimum atomic E-state index is -3.60. The normalized spacial score (nSPS) is 14.7. The molecule has 1 N–H and O–H groups in total. The van der Waals surface area contributed by atoms with Gasteiger partial charge in [0.25, 0.3) is 5.91 Å². The van der Waals surface area contributed by atoms with E-state index in [-0.39, 0.29) is 10.8 Å². The van der Waals surface area contributed by atoms with Crippen LogP contribution in [0.15, 0.2) is 53.4 Å². The predicted molar refractivity (Wildman–Crippen MR) is 113 cm³/mol. The summed E-state index contributed by atoms with van der Waals surface area (Å²) >= 11 is 0. The smallest absolute Gasteiger partial charge is 0.254 e. The van der Waals surface area contributed by atoms with Crippen LogP contribution in [-0.2, 0) is 10.0 Å². The van der Waals surface area contributed by atoms with Crippen molar-refractivity contribution in [2.75, 3.05) is 44.7 Å². The van der Waals surface area contributed by atoms with Gasteiger partial charge in [0.15, 0.2) is 0 Å². The molecule has 0 bridgehead atoms. The number of carbonyl (C=O) groups excluding carboxylic acids is 1. The van der Waals surface area contributed by atoms with Crippen LogP contribution in [0.3, 0.4) is 0 Å². The predicted octanol–water partition coefficient (Wildman–Crippen LogP) is 2.35. The summed E-state index contributed by atoms with van der Waals surface area (Å²) in [7, 11) is -1.96. The number of sulfonamides is 1. The lowest BCUT2D eigenvalue weighted by atomic mass is 10.1. The van der Waals surface area contributed by atoms with Crippen molar-refractivity contribution < 1.29 is 17.9 Å². The second kappa shape index (κ2) is 9.28. The molecule has 2 aromatic rings. The maximum absolute atomic E-state index is 12.9. The zero-order valence-electron chi connectivity index (χ0n) is 16.8. The highest BCUT2D eigenvalue weighted by Gasteiger charge is 2.24. The molecule has 7 nitrogen and oxygen atoms in total. The number of para-hydroxylation sites is 2. The largest absolute Gasteiger partial charge is 0.495 e. The quantitative estimate of drug-likeness (QED) is 0.748. The van der Waals surface area contributed by atoms with E-state index in [1.54, 1.807) is 24.1 Å². The van der Waals surface area contributed by atoms with E-state index < -0.39 is 10.0 Å². The Morgan fingerprint density at radius 2 is 1.79 bits per heavy atom. The third-order valence-corrected chi connectivity index (χ3v) is 6.38. The van der Waals surface area contributed by atoms with E-state index in [1.165, 1.54) is 12.1 Å². The van der Waals surface area contributed by atoms with Crippen molar-refractivity contribution in [2.24, 2.45) is 0 Å². The van der Waals surface area contributed by atoms with Crippen LogP contribution in [-0.4, -0.2) is 59.1 Å². The molecule has 156 valence electrons. The van der Waals surface area contributed by atoms with Crippen molar-refractivity contribution in [2.45, 2.75) is 18.2 Å². The minimum Gasteiger partial charge on any atom is -0.495 e. The van der Waals surface area contributed by atoms with Crippen LogP contribution < -0.4 is 14.4 Å². The number of amides is 1. The second-order valence-corrected chi connectivity index (χ2v) is 8.64. The van der Waals surface area contributed by atoms with Crippen LogP contribution >= 0.6 is 0 Å². The molecule has 3 rings (SSSR count). The van der Waals surface area contributed by atoms with Gasteiger partial charge in [0.1, 0.15) is 5.75 Å². The fraction of sp³-hybridized carbons (Fsp3) is 0.381. The minimum absolute atomic E-state index is 0.115. The van der Waals surface area contributed by atoms with Gasteiger partial charge in [-0.3, -0.25) is 4.79 Å². The Morgan fingerprint density at radius 3 is 2.48 bits per heavy atom. The monoisotopic (exact) mass is 417 g/mol. The van der Waals surface area contributed by atoms with Gasteiger partial charge < -0.3 is 14.5 Å². The number of nitrogens with zero attached hydrogens (tertiary/aromatic N) is 2. The Labute approximate surface area is 172 Å². The maximum Gasteiger partial charge on any atom is 0.254 e. The second-order valence-electron chi connectivity index (χ2n) is 6.88. The highest BCUT2D eigenvalue weighted by atomic mass is 32.2. The van der Waals surface area contributed by atoms with Gasteiger partial charge in [0.2, 0.25) is 10.0 Å². The third-order valence-electron chi connectivity index (χ3n) is 4.93. The Morgan fingerprint density at radius 1 is 1.07 bits per heavy atom. The van der Waals surface area contributed by atoms with Crippen LogP contribution in [0.4, 0.5) is 5.69 Å². The van der Waals surface area contributed by atoms with Gasteiger partial charge >= 0.3 is 0 Å². The summed E-state index contributed by atoms with van der Waals surface area (Å²) in [6.45, 7) is 4.74. The zero-order chi connectivity index (χ0) is 20.9. The summed E-state index contributed by atoms with van der Waals surface area (Å²) < 4.78 is 32.7. The topological polar surface area (TPSA) is 79.0 Å². The molecule has 2 aromatic carbocycles. The van der Waals surface area contributed by atoms with Gasteiger partial charge in [-0.15, -0.1) is 0 Å². The lowest BCUT2D eigenvalue weighted by molar-refractivity contribution is 0.0746. The van der Waals surface area contributed by atoms with Crippen molar-refractivity contribution in [1.29, 1.82) is 0 Å². The van der Waals surface area contributed by atoms with E-state index in [2.05, 4.69) is 9.62 Å². The number of hydrogen-bond donors (Lipinski definition) is 1. The van der Waals surface area contributed by atoms with Gasteiger partial charge in [0.05, 0.1) is 17.7 Å². The van der Waals surface area contributed by atoms with Crippen LogP contribution in [0.1, 0.15) is 23.7 Å². The van der Waals surface area contributed by atoms with Crippen LogP contribution in [0, 0.1) is 0 Å². The number of benzene rings is 2. The lowest BCUT2D eigenvalue weighted by Gasteiger charge is -2.36. The Bertz CT molecular complexity index is 954. The third kappa shape index (κ3) is 4.89. The van der Waals surface area contributed by atoms with Gasteiger partial charge in [-0.2, -0.15) is 0 Å². The molecular formula is C21H27N3O4S.